The first kappa shape index (κ1) is 15.2. The summed E-state index contributed by atoms with van der Waals surface area (Å²) in [6, 6.07) is 12.1. The summed E-state index contributed by atoms with van der Waals surface area (Å²) in [5.74, 6) is -0.0988. The fraction of sp³-hybridized carbons (Fsp3) is 0.438. The van der Waals surface area contributed by atoms with Gasteiger partial charge in [0.05, 0.1) is 30.8 Å². The lowest BCUT2D eigenvalue weighted by Crippen LogP contribution is -2.36. The van der Waals surface area contributed by atoms with Gasteiger partial charge in [0, 0.05) is 13.0 Å². The van der Waals surface area contributed by atoms with E-state index >= 15 is 0 Å². The van der Waals surface area contributed by atoms with Crippen molar-refractivity contribution in [2.75, 3.05) is 26.7 Å². The van der Waals surface area contributed by atoms with Crippen LogP contribution < -0.4 is 0 Å². The molecular weight excluding hydrogens is 264 g/mol. The minimum atomic E-state index is -0.0789. The average molecular weight is 284 g/mol. The van der Waals surface area contributed by atoms with Gasteiger partial charge in [0.15, 0.2) is 0 Å². The number of rotatable bonds is 5. The van der Waals surface area contributed by atoms with Crippen LogP contribution in [0.3, 0.4) is 0 Å². The lowest BCUT2D eigenvalue weighted by Gasteiger charge is -2.19. The second-order valence-electron chi connectivity index (χ2n) is 5.41. The van der Waals surface area contributed by atoms with Gasteiger partial charge in [-0.05, 0) is 19.5 Å². The van der Waals surface area contributed by atoms with Crippen molar-refractivity contribution in [2.24, 2.45) is 11.0 Å². The van der Waals surface area contributed by atoms with Crippen molar-refractivity contribution in [1.29, 1.82) is 5.26 Å². The van der Waals surface area contributed by atoms with Gasteiger partial charge in [-0.25, -0.2) is 5.01 Å². The van der Waals surface area contributed by atoms with Crippen LogP contribution in [0.5, 0.6) is 0 Å². The van der Waals surface area contributed by atoms with E-state index in [2.05, 4.69) is 11.2 Å². The predicted octanol–water partition coefficient (Wildman–Crippen LogP) is 1.71. The highest BCUT2D eigenvalue weighted by Crippen LogP contribution is 2.14. The van der Waals surface area contributed by atoms with Crippen molar-refractivity contribution in [3.05, 3.63) is 35.9 Å². The van der Waals surface area contributed by atoms with Crippen LogP contribution in [0.1, 0.15) is 18.9 Å². The third-order valence-electron chi connectivity index (χ3n) is 3.41. The Hall–Kier alpha value is -2.19. The van der Waals surface area contributed by atoms with Crippen molar-refractivity contribution in [3.8, 4) is 6.07 Å². The first-order valence-electron chi connectivity index (χ1n) is 7.11. The highest BCUT2D eigenvalue weighted by Gasteiger charge is 2.22. The van der Waals surface area contributed by atoms with Gasteiger partial charge in [-0.1, -0.05) is 30.3 Å². The third kappa shape index (κ3) is 4.14. The van der Waals surface area contributed by atoms with Gasteiger partial charge in [-0.2, -0.15) is 10.4 Å². The molecule has 5 nitrogen and oxygen atoms in total. The molecule has 1 aliphatic heterocycles. The van der Waals surface area contributed by atoms with Crippen molar-refractivity contribution < 1.29 is 4.79 Å². The molecule has 0 saturated heterocycles. The predicted molar refractivity (Wildman–Crippen MR) is 81.6 cm³/mol. The quantitative estimate of drug-likeness (QED) is 0.827. The van der Waals surface area contributed by atoms with Crippen molar-refractivity contribution in [1.82, 2.24) is 9.91 Å². The molecule has 0 spiro atoms. The number of amides is 1. The summed E-state index contributed by atoms with van der Waals surface area (Å²) < 4.78 is 0. The Morgan fingerprint density at radius 2 is 2.19 bits per heavy atom. The second kappa shape index (κ2) is 7.00. The molecule has 1 aliphatic rings. The van der Waals surface area contributed by atoms with Crippen molar-refractivity contribution in [2.45, 2.75) is 13.3 Å². The van der Waals surface area contributed by atoms with Crippen LogP contribution in [-0.4, -0.2) is 48.2 Å². The molecule has 0 bridgehead atoms. The van der Waals surface area contributed by atoms with Crippen LogP contribution in [0.25, 0.3) is 0 Å². The topological polar surface area (TPSA) is 59.7 Å². The molecule has 0 aromatic heterocycles. The Bertz CT molecular complexity index is 561. The van der Waals surface area contributed by atoms with Gasteiger partial charge in [0.2, 0.25) is 0 Å². The van der Waals surface area contributed by atoms with Crippen molar-refractivity contribution >= 4 is 11.6 Å². The molecule has 1 aromatic rings. The molecule has 1 heterocycles. The number of hydrogen-bond donors (Lipinski definition) is 0. The van der Waals surface area contributed by atoms with Gasteiger partial charge >= 0.3 is 0 Å². The largest absolute Gasteiger partial charge is 0.296 e. The SMILES string of the molecule is C[C@H](C#N)CN(C)CC(=O)N1CCC(c2ccccc2)=N1. The zero-order valence-electron chi connectivity index (χ0n) is 12.5. The molecule has 1 atom stereocenters. The number of carbonyl (C=O) groups excluding carboxylic acids is 1. The summed E-state index contributed by atoms with van der Waals surface area (Å²) in [5.41, 5.74) is 2.02. The molecular formula is C16H20N4O. The first-order chi connectivity index (χ1) is 10.1. The van der Waals surface area contributed by atoms with Gasteiger partial charge in [0.25, 0.3) is 5.91 Å². The van der Waals surface area contributed by atoms with Crippen LogP contribution in [0.2, 0.25) is 0 Å². The van der Waals surface area contributed by atoms with E-state index in [0.29, 0.717) is 13.1 Å². The number of likely N-dealkylation sites (N-methyl/N-ethyl adjacent to an activating group) is 1. The Morgan fingerprint density at radius 1 is 1.48 bits per heavy atom. The van der Waals surface area contributed by atoms with E-state index in [1.165, 1.54) is 5.01 Å². The zero-order valence-corrected chi connectivity index (χ0v) is 12.5. The maximum Gasteiger partial charge on any atom is 0.256 e. The Balaban J connectivity index is 1.93. The van der Waals surface area contributed by atoms with E-state index in [0.717, 1.165) is 17.7 Å². The van der Waals surface area contributed by atoms with Crippen LogP contribution in [0.15, 0.2) is 35.4 Å². The number of nitriles is 1. The lowest BCUT2D eigenvalue weighted by atomic mass is 10.1. The first-order valence-corrected chi connectivity index (χ1v) is 7.11. The van der Waals surface area contributed by atoms with Crippen molar-refractivity contribution in [3.63, 3.8) is 0 Å². The summed E-state index contributed by atoms with van der Waals surface area (Å²) in [5, 5.41) is 14.8. The second-order valence-corrected chi connectivity index (χ2v) is 5.41. The number of nitrogens with zero attached hydrogens (tertiary/aromatic N) is 4. The summed E-state index contributed by atoms with van der Waals surface area (Å²) in [6.45, 7) is 3.36. The number of hydrazone groups is 1. The maximum atomic E-state index is 12.2. The molecule has 0 radical (unpaired) electrons. The number of hydrogen-bond acceptors (Lipinski definition) is 4. The normalized spacial score (nSPS) is 15.7. The van der Waals surface area contributed by atoms with E-state index in [9.17, 15) is 4.79 Å². The molecule has 110 valence electrons. The van der Waals surface area contributed by atoms with E-state index in [-0.39, 0.29) is 18.4 Å². The monoisotopic (exact) mass is 284 g/mol. The molecule has 0 fully saturated rings. The molecule has 2 rings (SSSR count). The van der Waals surface area contributed by atoms with Crippen LogP contribution in [0, 0.1) is 17.2 Å². The minimum Gasteiger partial charge on any atom is -0.296 e. The van der Waals surface area contributed by atoms with Crippen LogP contribution >= 0.6 is 0 Å². The fourth-order valence-corrected chi connectivity index (χ4v) is 2.36. The Labute approximate surface area is 125 Å². The molecule has 0 aliphatic carbocycles. The fourth-order valence-electron chi connectivity index (χ4n) is 2.36. The molecule has 1 aromatic carbocycles. The standard InChI is InChI=1S/C16H20N4O/c1-13(10-17)11-19(2)12-16(21)20-9-8-15(18-20)14-6-4-3-5-7-14/h3-7,13H,8-9,11-12H2,1-2H3/t13-/m1/s1. The summed E-state index contributed by atoms with van der Waals surface area (Å²) in [4.78, 5) is 14.1. The van der Waals surface area contributed by atoms with Crippen LogP contribution in [0.4, 0.5) is 0 Å². The average Bonchev–Trinajstić information content (AvgIpc) is 2.97. The van der Waals surface area contributed by atoms with E-state index in [4.69, 9.17) is 5.26 Å². The third-order valence-corrected chi connectivity index (χ3v) is 3.41. The Morgan fingerprint density at radius 3 is 2.86 bits per heavy atom. The molecule has 0 unspecified atom stereocenters. The highest BCUT2D eigenvalue weighted by atomic mass is 16.2. The molecule has 5 heteroatoms. The number of carbonyl (C=O) groups is 1. The maximum absolute atomic E-state index is 12.2. The van der Waals surface area contributed by atoms with Gasteiger partial charge in [-0.3, -0.25) is 9.69 Å². The van der Waals surface area contributed by atoms with E-state index in [1.807, 2.05) is 49.2 Å². The summed E-state index contributed by atoms with van der Waals surface area (Å²) in [6.07, 6.45) is 0.786. The Kier molecular flexibility index (Phi) is 5.07. The van der Waals surface area contributed by atoms with Gasteiger partial charge in [0.1, 0.15) is 0 Å². The van der Waals surface area contributed by atoms with E-state index in [1.54, 1.807) is 0 Å². The molecule has 1 amide bonds. The zero-order chi connectivity index (χ0) is 15.2. The summed E-state index contributed by atoms with van der Waals surface area (Å²) >= 11 is 0. The minimum absolute atomic E-state index is 0.0198. The highest BCUT2D eigenvalue weighted by molar-refractivity contribution is 6.02. The molecule has 0 N–H and O–H groups in total. The van der Waals surface area contributed by atoms with Gasteiger partial charge < -0.3 is 0 Å². The van der Waals surface area contributed by atoms with E-state index < -0.39 is 0 Å². The van der Waals surface area contributed by atoms with Gasteiger partial charge in [-0.15, -0.1) is 0 Å². The summed E-state index contributed by atoms with van der Waals surface area (Å²) in [7, 11) is 1.85. The molecule has 21 heavy (non-hydrogen) atoms. The smallest absolute Gasteiger partial charge is 0.256 e. The van der Waals surface area contributed by atoms with Crippen LogP contribution in [-0.2, 0) is 4.79 Å². The lowest BCUT2D eigenvalue weighted by molar-refractivity contribution is -0.131. The number of benzene rings is 1. The molecule has 0 saturated carbocycles.